The summed E-state index contributed by atoms with van der Waals surface area (Å²) in [6, 6.07) is 6.51. The Morgan fingerprint density at radius 3 is 2.76 bits per heavy atom. The van der Waals surface area contributed by atoms with Crippen molar-refractivity contribution in [3.8, 4) is 0 Å². The average molecular weight is 353 g/mol. The molecule has 1 aromatic rings. The highest BCUT2D eigenvalue weighted by Gasteiger charge is 2.30. The van der Waals surface area contributed by atoms with Gasteiger partial charge in [0.15, 0.2) is 0 Å². The van der Waals surface area contributed by atoms with Gasteiger partial charge in [0.1, 0.15) is 5.84 Å². The minimum atomic E-state index is 0.132. The first-order valence-electron chi connectivity index (χ1n) is 7.36. The van der Waals surface area contributed by atoms with Gasteiger partial charge in [0, 0.05) is 47.9 Å². The summed E-state index contributed by atoms with van der Waals surface area (Å²) in [4.78, 5) is 4.87. The number of nitrogens with one attached hydrogen (secondary N) is 1. The molecule has 0 aliphatic carbocycles. The Morgan fingerprint density at radius 2 is 2.05 bits per heavy atom. The van der Waals surface area contributed by atoms with Crippen LogP contribution in [0.4, 0.5) is 5.69 Å². The molecule has 2 saturated heterocycles. The summed E-state index contributed by atoms with van der Waals surface area (Å²) in [5.41, 5.74) is 7.61. The van der Waals surface area contributed by atoms with Crippen molar-refractivity contribution in [2.24, 2.45) is 5.73 Å². The van der Waals surface area contributed by atoms with Crippen LogP contribution >= 0.6 is 15.9 Å². The number of ether oxygens (including phenoxy) is 1. The third-order valence-corrected chi connectivity index (χ3v) is 4.81. The fourth-order valence-corrected chi connectivity index (χ4v) is 3.54. The molecule has 0 saturated carbocycles. The smallest absolute Gasteiger partial charge is 0.124 e. The molecule has 5 nitrogen and oxygen atoms in total. The van der Waals surface area contributed by atoms with Gasteiger partial charge in [-0.2, -0.15) is 0 Å². The van der Waals surface area contributed by atoms with E-state index in [-0.39, 0.29) is 5.84 Å². The van der Waals surface area contributed by atoms with Crippen LogP contribution in [0.3, 0.4) is 0 Å². The Hall–Kier alpha value is -1.11. The van der Waals surface area contributed by atoms with Crippen molar-refractivity contribution in [1.29, 1.82) is 5.41 Å². The SMILES string of the molecule is N=C(N)c1ccc(Br)cc1N1CCC(N2CCOCC2)C1. The summed E-state index contributed by atoms with van der Waals surface area (Å²) in [6.07, 6.45) is 1.16. The molecule has 3 N–H and O–H groups in total. The van der Waals surface area contributed by atoms with Crippen LogP contribution in [0.1, 0.15) is 12.0 Å². The van der Waals surface area contributed by atoms with E-state index in [0.717, 1.165) is 61.5 Å². The molecular weight excluding hydrogens is 332 g/mol. The molecule has 1 unspecified atom stereocenters. The Labute approximate surface area is 133 Å². The molecule has 0 bridgehead atoms. The number of amidine groups is 1. The van der Waals surface area contributed by atoms with Crippen molar-refractivity contribution in [1.82, 2.24) is 4.90 Å². The molecule has 6 heteroatoms. The van der Waals surface area contributed by atoms with E-state index in [4.69, 9.17) is 15.9 Å². The maximum Gasteiger partial charge on any atom is 0.124 e. The van der Waals surface area contributed by atoms with Crippen LogP contribution in [0.2, 0.25) is 0 Å². The molecule has 2 fully saturated rings. The van der Waals surface area contributed by atoms with E-state index >= 15 is 0 Å². The molecule has 2 aliphatic heterocycles. The summed E-state index contributed by atoms with van der Waals surface area (Å²) in [6.45, 7) is 5.74. The molecule has 0 aromatic heterocycles. The first-order chi connectivity index (χ1) is 10.1. The predicted octanol–water partition coefficient (Wildman–Crippen LogP) is 1.64. The zero-order chi connectivity index (χ0) is 14.8. The molecule has 0 amide bonds. The van der Waals surface area contributed by atoms with Gasteiger partial charge in [0.05, 0.1) is 13.2 Å². The highest BCUT2D eigenvalue weighted by atomic mass is 79.9. The summed E-state index contributed by atoms with van der Waals surface area (Å²) in [5.74, 6) is 0.132. The minimum Gasteiger partial charge on any atom is -0.384 e. The minimum absolute atomic E-state index is 0.132. The van der Waals surface area contributed by atoms with Crippen molar-refractivity contribution in [2.45, 2.75) is 12.5 Å². The number of anilines is 1. The summed E-state index contributed by atoms with van der Waals surface area (Å²) < 4.78 is 6.46. The summed E-state index contributed by atoms with van der Waals surface area (Å²) in [5, 5.41) is 7.77. The molecule has 21 heavy (non-hydrogen) atoms. The first-order valence-corrected chi connectivity index (χ1v) is 8.15. The number of morpholine rings is 1. The van der Waals surface area contributed by atoms with Gasteiger partial charge in [0.25, 0.3) is 0 Å². The average Bonchev–Trinajstić information content (AvgIpc) is 2.97. The number of hydrogen-bond acceptors (Lipinski definition) is 4. The molecule has 0 spiro atoms. The molecule has 3 rings (SSSR count). The van der Waals surface area contributed by atoms with Gasteiger partial charge in [-0.3, -0.25) is 10.3 Å². The number of benzene rings is 1. The lowest BCUT2D eigenvalue weighted by Gasteiger charge is -2.32. The fraction of sp³-hybridized carbons (Fsp3) is 0.533. The van der Waals surface area contributed by atoms with Gasteiger partial charge in [-0.25, -0.2) is 0 Å². The number of nitrogen functional groups attached to an aromatic ring is 1. The molecule has 114 valence electrons. The summed E-state index contributed by atoms with van der Waals surface area (Å²) in [7, 11) is 0. The third-order valence-electron chi connectivity index (χ3n) is 4.32. The summed E-state index contributed by atoms with van der Waals surface area (Å²) >= 11 is 3.52. The Bertz CT molecular complexity index is 530. The van der Waals surface area contributed by atoms with E-state index in [1.807, 2.05) is 12.1 Å². The topological polar surface area (TPSA) is 65.6 Å². The van der Waals surface area contributed by atoms with Crippen LogP contribution in [-0.4, -0.2) is 56.2 Å². The highest BCUT2D eigenvalue weighted by Crippen LogP contribution is 2.29. The Morgan fingerprint density at radius 1 is 1.29 bits per heavy atom. The fourth-order valence-electron chi connectivity index (χ4n) is 3.20. The number of rotatable bonds is 3. The largest absolute Gasteiger partial charge is 0.384 e. The lowest BCUT2D eigenvalue weighted by molar-refractivity contribution is 0.0209. The monoisotopic (exact) mass is 352 g/mol. The maximum atomic E-state index is 7.77. The van der Waals surface area contributed by atoms with Crippen LogP contribution in [0.25, 0.3) is 0 Å². The normalized spacial score (nSPS) is 23.5. The second kappa shape index (κ2) is 6.34. The number of halogens is 1. The van der Waals surface area contributed by atoms with E-state index in [1.165, 1.54) is 0 Å². The van der Waals surface area contributed by atoms with Gasteiger partial charge >= 0.3 is 0 Å². The van der Waals surface area contributed by atoms with Gasteiger partial charge in [-0.15, -0.1) is 0 Å². The van der Waals surface area contributed by atoms with Crippen molar-refractivity contribution in [2.75, 3.05) is 44.3 Å². The number of nitrogens with two attached hydrogens (primary N) is 1. The predicted molar refractivity (Wildman–Crippen MR) is 88.2 cm³/mol. The van der Waals surface area contributed by atoms with Crippen molar-refractivity contribution < 1.29 is 4.74 Å². The second-order valence-corrected chi connectivity index (χ2v) is 6.53. The van der Waals surface area contributed by atoms with Gasteiger partial charge in [-0.05, 0) is 24.6 Å². The Kier molecular flexibility index (Phi) is 4.47. The van der Waals surface area contributed by atoms with Gasteiger partial charge < -0.3 is 15.4 Å². The molecule has 2 aliphatic rings. The van der Waals surface area contributed by atoms with E-state index in [2.05, 4.69) is 31.8 Å². The number of nitrogens with zero attached hydrogens (tertiary/aromatic N) is 2. The van der Waals surface area contributed by atoms with Crippen LogP contribution in [0.5, 0.6) is 0 Å². The van der Waals surface area contributed by atoms with E-state index < -0.39 is 0 Å². The van der Waals surface area contributed by atoms with Crippen LogP contribution in [-0.2, 0) is 4.74 Å². The van der Waals surface area contributed by atoms with Gasteiger partial charge in [-0.1, -0.05) is 15.9 Å². The standard InChI is InChI=1S/C15H21BrN4O/c16-11-1-2-13(15(17)18)14(9-11)20-4-3-12(10-20)19-5-7-21-8-6-19/h1-2,9,12H,3-8,10H2,(H3,17,18). The Balaban J connectivity index is 1.76. The highest BCUT2D eigenvalue weighted by molar-refractivity contribution is 9.10. The lowest BCUT2D eigenvalue weighted by atomic mass is 10.1. The second-order valence-electron chi connectivity index (χ2n) is 5.61. The van der Waals surface area contributed by atoms with E-state index in [0.29, 0.717) is 6.04 Å². The van der Waals surface area contributed by atoms with E-state index in [1.54, 1.807) is 0 Å². The maximum absolute atomic E-state index is 7.77. The number of hydrogen-bond donors (Lipinski definition) is 2. The molecular formula is C15H21BrN4O. The van der Waals surface area contributed by atoms with Crippen LogP contribution in [0, 0.1) is 5.41 Å². The third kappa shape index (κ3) is 3.22. The van der Waals surface area contributed by atoms with Crippen molar-refractivity contribution in [3.05, 3.63) is 28.2 Å². The molecule has 1 aromatic carbocycles. The first kappa shape index (κ1) is 14.8. The lowest BCUT2D eigenvalue weighted by Crippen LogP contribution is -2.44. The molecule has 2 heterocycles. The van der Waals surface area contributed by atoms with Crippen LogP contribution < -0.4 is 10.6 Å². The zero-order valence-corrected chi connectivity index (χ0v) is 13.6. The quantitative estimate of drug-likeness (QED) is 0.641. The van der Waals surface area contributed by atoms with Crippen LogP contribution in [0.15, 0.2) is 22.7 Å². The van der Waals surface area contributed by atoms with Crippen molar-refractivity contribution in [3.63, 3.8) is 0 Å². The molecule has 1 atom stereocenters. The van der Waals surface area contributed by atoms with Crippen molar-refractivity contribution >= 4 is 27.5 Å². The van der Waals surface area contributed by atoms with E-state index in [9.17, 15) is 0 Å². The molecule has 0 radical (unpaired) electrons. The van der Waals surface area contributed by atoms with Gasteiger partial charge in [0.2, 0.25) is 0 Å². The zero-order valence-electron chi connectivity index (χ0n) is 12.0.